The maximum Gasteiger partial charge on any atom is 0.411 e. The standard InChI is InChI=1S/C12H13FN2O2/c1-2-17-12(16)15-10-5-6-11(13)9(8-10)4-3-7-14/h5-6,8H,2,7,14H2,1H3,(H,15,16). The van der Waals surface area contributed by atoms with Crippen LogP contribution in [0.15, 0.2) is 18.2 Å². The molecule has 3 N–H and O–H groups in total. The van der Waals surface area contributed by atoms with E-state index in [0.29, 0.717) is 5.69 Å². The van der Waals surface area contributed by atoms with Crippen LogP contribution in [0.2, 0.25) is 0 Å². The number of carbonyl (C=O) groups excluding carboxylic acids is 1. The molecule has 17 heavy (non-hydrogen) atoms. The first-order chi connectivity index (χ1) is 8.17. The largest absolute Gasteiger partial charge is 0.450 e. The molecule has 0 saturated carbocycles. The highest BCUT2D eigenvalue weighted by atomic mass is 19.1. The van der Waals surface area contributed by atoms with Gasteiger partial charge in [0.2, 0.25) is 0 Å². The summed E-state index contributed by atoms with van der Waals surface area (Å²) in [5.41, 5.74) is 5.81. The quantitative estimate of drug-likeness (QED) is 0.768. The van der Waals surface area contributed by atoms with Crippen LogP contribution in [-0.2, 0) is 4.74 Å². The van der Waals surface area contributed by atoms with Gasteiger partial charge in [-0.15, -0.1) is 0 Å². The Hall–Kier alpha value is -2.06. The van der Waals surface area contributed by atoms with Gasteiger partial charge in [-0.25, -0.2) is 9.18 Å². The van der Waals surface area contributed by atoms with Crippen molar-refractivity contribution in [3.05, 3.63) is 29.6 Å². The summed E-state index contributed by atoms with van der Waals surface area (Å²) in [5, 5.41) is 2.46. The highest BCUT2D eigenvalue weighted by Crippen LogP contribution is 2.14. The van der Waals surface area contributed by atoms with Gasteiger partial charge in [-0.1, -0.05) is 11.8 Å². The molecule has 0 aromatic heterocycles. The highest BCUT2D eigenvalue weighted by Gasteiger charge is 2.05. The SMILES string of the molecule is CCOC(=O)Nc1ccc(F)c(C#CCN)c1. The average molecular weight is 236 g/mol. The molecule has 1 aromatic rings. The molecular formula is C12H13FN2O2. The normalized spacial score (nSPS) is 9.12. The fourth-order valence-corrected chi connectivity index (χ4v) is 1.13. The Balaban J connectivity index is 2.85. The Morgan fingerprint density at radius 2 is 2.35 bits per heavy atom. The van der Waals surface area contributed by atoms with E-state index in [1.165, 1.54) is 18.2 Å². The summed E-state index contributed by atoms with van der Waals surface area (Å²) >= 11 is 0. The van der Waals surface area contributed by atoms with Crippen molar-refractivity contribution in [2.24, 2.45) is 5.73 Å². The van der Waals surface area contributed by atoms with Crippen molar-refractivity contribution in [2.45, 2.75) is 6.92 Å². The van der Waals surface area contributed by atoms with Gasteiger partial charge in [0.1, 0.15) is 5.82 Å². The predicted octanol–water partition coefficient (Wildman–Crippen LogP) is 1.70. The maximum atomic E-state index is 13.3. The van der Waals surface area contributed by atoms with Crippen molar-refractivity contribution in [3.8, 4) is 11.8 Å². The number of anilines is 1. The number of rotatable bonds is 2. The smallest absolute Gasteiger partial charge is 0.411 e. The number of carbonyl (C=O) groups is 1. The number of nitrogens with two attached hydrogens (primary N) is 1. The van der Waals surface area contributed by atoms with Crippen LogP contribution in [0.4, 0.5) is 14.9 Å². The lowest BCUT2D eigenvalue weighted by atomic mass is 10.2. The second-order valence-corrected chi connectivity index (χ2v) is 3.05. The minimum absolute atomic E-state index is 0.148. The average Bonchev–Trinajstić information content (AvgIpc) is 2.30. The Labute approximate surface area is 99.0 Å². The van der Waals surface area contributed by atoms with Gasteiger partial charge in [-0.3, -0.25) is 5.32 Å². The summed E-state index contributed by atoms with van der Waals surface area (Å²) in [5.74, 6) is 4.66. The lowest BCUT2D eigenvalue weighted by molar-refractivity contribution is 0.168. The number of hydrogen-bond acceptors (Lipinski definition) is 3. The molecule has 90 valence electrons. The van der Waals surface area contributed by atoms with Crippen molar-refractivity contribution in [2.75, 3.05) is 18.5 Å². The fourth-order valence-electron chi connectivity index (χ4n) is 1.13. The van der Waals surface area contributed by atoms with Crippen LogP contribution in [0.1, 0.15) is 12.5 Å². The third-order valence-electron chi connectivity index (χ3n) is 1.81. The van der Waals surface area contributed by atoms with E-state index in [9.17, 15) is 9.18 Å². The monoisotopic (exact) mass is 236 g/mol. The Morgan fingerprint density at radius 3 is 3.00 bits per heavy atom. The zero-order chi connectivity index (χ0) is 12.7. The van der Waals surface area contributed by atoms with E-state index < -0.39 is 11.9 Å². The summed E-state index contributed by atoms with van der Waals surface area (Å²) in [4.78, 5) is 11.1. The van der Waals surface area contributed by atoms with Gasteiger partial charge in [0.15, 0.2) is 0 Å². The number of benzene rings is 1. The van der Waals surface area contributed by atoms with Gasteiger partial charge in [-0.05, 0) is 25.1 Å². The topological polar surface area (TPSA) is 64.3 Å². The number of amides is 1. The van der Waals surface area contributed by atoms with Gasteiger partial charge >= 0.3 is 6.09 Å². The van der Waals surface area contributed by atoms with E-state index >= 15 is 0 Å². The molecule has 0 bridgehead atoms. The van der Waals surface area contributed by atoms with E-state index in [4.69, 9.17) is 10.5 Å². The summed E-state index contributed by atoms with van der Waals surface area (Å²) < 4.78 is 18.0. The summed E-state index contributed by atoms with van der Waals surface area (Å²) in [6.07, 6.45) is -0.586. The minimum atomic E-state index is -0.586. The summed E-state index contributed by atoms with van der Waals surface area (Å²) in [6.45, 7) is 2.12. The molecule has 4 nitrogen and oxygen atoms in total. The molecule has 0 radical (unpaired) electrons. The fraction of sp³-hybridized carbons (Fsp3) is 0.250. The van der Waals surface area contributed by atoms with Crippen molar-refractivity contribution < 1.29 is 13.9 Å². The van der Waals surface area contributed by atoms with Crippen molar-refractivity contribution in [3.63, 3.8) is 0 Å². The van der Waals surface area contributed by atoms with Crippen LogP contribution in [-0.4, -0.2) is 19.2 Å². The molecule has 1 aromatic carbocycles. The molecule has 0 spiro atoms. The first kappa shape index (κ1) is 13.0. The number of hydrogen-bond donors (Lipinski definition) is 2. The zero-order valence-corrected chi connectivity index (χ0v) is 9.42. The lowest BCUT2D eigenvalue weighted by Gasteiger charge is -2.05. The summed E-state index contributed by atoms with van der Waals surface area (Å²) in [7, 11) is 0. The minimum Gasteiger partial charge on any atom is -0.450 e. The van der Waals surface area contributed by atoms with Crippen molar-refractivity contribution in [1.82, 2.24) is 0 Å². The lowest BCUT2D eigenvalue weighted by Crippen LogP contribution is -2.13. The van der Waals surface area contributed by atoms with E-state index in [2.05, 4.69) is 17.2 Å². The van der Waals surface area contributed by atoms with Gasteiger partial charge in [0.25, 0.3) is 0 Å². The Bertz CT molecular complexity index is 463. The second kappa shape index (κ2) is 6.51. The molecule has 0 aliphatic carbocycles. The van der Waals surface area contributed by atoms with E-state index in [1.807, 2.05) is 0 Å². The van der Waals surface area contributed by atoms with E-state index in [0.717, 1.165) is 0 Å². The van der Waals surface area contributed by atoms with Gasteiger partial charge in [0, 0.05) is 5.69 Å². The second-order valence-electron chi connectivity index (χ2n) is 3.05. The van der Waals surface area contributed by atoms with Crippen LogP contribution < -0.4 is 11.1 Å². The molecule has 5 heteroatoms. The van der Waals surface area contributed by atoms with Crippen LogP contribution in [0, 0.1) is 17.7 Å². The van der Waals surface area contributed by atoms with Crippen LogP contribution in [0.25, 0.3) is 0 Å². The van der Waals surface area contributed by atoms with Crippen LogP contribution in [0.5, 0.6) is 0 Å². The number of halogens is 1. The molecule has 0 unspecified atom stereocenters. The first-order valence-corrected chi connectivity index (χ1v) is 5.09. The molecule has 1 rings (SSSR count). The predicted molar refractivity (Wildman–Crippen MR) is 63.0 cm³/mol. The molecular weight excluding hydrogens is 223 g/mol. The molecule has 0 heterocycles. The molecule has 1 amide bonds. The van der Waals surface area contributed by atoms with Crippen molar-refractivity contribution in [1.29, 1.82) is 0 Å². The maximum absolute atomic E-state index is 13.3. The van der Waals surface area contributed by atoms with Gasteiger partial charge < -0.3 is 10.5 Å². The first-order valence-electron chi connectivity index (χ1n) is 5.09. The zero-order valence-electron chi connectivity index (χ0n) is 9.42. The third-order valence-corrected chi connectivity index (χ3v) is 1.81. The van der Waals surface area contributed by atoms with Gasteiger partial charge in [-0.2, -0.15) is 0 Å². The van der Waals surface area contributed by atoms with Crippen LogP contribution in [0.3, 0.4) is 0 Å². The highest BCUT2D eigenvalue weighted by molar-refractivity contribution is 5.84. The molecule has 0 atom stereocenters. The summed E-state index contributed by atoms with van der Waals surface area (Å²) in [6, 6.07) is 4.08. The number of nitrogens with one attached hydrogen (secondary N) is 1. The van der Waals surface area contributed by atoms with Gasteiger partial charge in [0.05, 0.1) is 18.7 Å². The van der Waals surface area contributed by atoms with E-state index in [1.54, 1.807) is 6.92 Å². The Morgan fingerprint density at radius 1 is 1.59 bits per heavy atom. The van der Waals surface area contributed by atoms with Crippen LogP contribution >= 0.6 is 0 Å². The Kier molecular flexibility index (Phi) is 4.98. The number of ether oxygens (including phenoxy) is 1. The third kappa shape index (κ3) is 4.13. The van der Waals surface area contributed by atoms with E-state index in [-0.39, 0.29) is 18.7 Å². The molecule has 0 fully saturated rings. The van der Waals surface area contributed by atoms with Crippen molar-refractivity contribution >= 4 is 11.8 Å². The molecule has 0 saturated heterocycles. The molecule has 0 aliphatic heterocycles. The molecule has 0 aliphatic rings.